The topological polar surface area (TPSA) is 54.2 Å². The molecule has 0 amide bonds. The lowest BCUT2D eigenvalue weighted by molar-refractivity contribution is 0.404. The molecular formula is C26H20F2N4OS. The Balaban J connectivity index is 1.65. The van der Waals surface area contributed by atoms with Crippen LogP contribution in [-0.2, 0) is 0 Å². The van der Waals surface area contributed by atoms with Crippen molar-refractivity contribution in [2.75, 3.05) is 4.90 Å². The predicted molar refractivity (Wildman–Crippen MR) is 131 cm³/mol. The van der Waals surface area contributed by atoms with Crippen LogP contribution < -0.4 is 10.2 Å². The molecule has 0 saturated carbocycles. The first-order chi connectivity index (χ1) is 16.4. The average Bonchev–Trinajstić information content (AvgIpc) is 3.29. The number of aryl methyl sites for hydroxylation is 1. The molecule has 4 aromatic rings. The molecule has 0 fully saturated rings. The van der Waals surface area contributed by atoms with E-state index in [2.05, 4.69) is 15.5 Å². The highest BCUT2D eigenvalue weighted by atomic mass is 32.1. The van der Waals surface area contributed by atoms with Crippen LogP contribution in [0.15, 0.2) is 83.0 Å². The molecule has 0 saturated heterocycles. The number of aromatic nitrogens is 2. The van der Waals surface area contributed by atoms with Gasteiger partial charge in [0.15, 0.2) is 5.11 Å². The maximum Gasteiger partial charge on any atom is 0.258 e. The van der Waals surface area contributed by atoms with Crippen LogP contribution in [0.1, 0.15) is 30.0 Å². The first kappa shape index (κ1) is 21.9. The monoisotopic (exact) mass is 474 g/mol. The van der Waals surface area contributed by atoms with Crippen LogP contribution in [0.2, 0.25) is 0 Å². The van der Waals surface area contributed by atoms with E-state index in [1.807, 2.05) is 38.1 Å². The van der Waals surface area contributed by atoms with E-state index in [1.165, 1.54) is 24.3 Å². The molecule has 0 bridgehead atoms. The van der Waals surface area contributed by atoms with Crippen LogP contribution >= 0.6 is 12.2 Å². The summed E-state index contributed by atoms with van der Waals surface area (Å²) in [6, 6.07) is 19.8. The minimum Gasteiger partial charge on any atom is -0.351 e. The number of anilines is 1. The van der Waals surface area contributed by atoms with Crippen LogP contribution in [0.3, 0.4) is 0 Å². The van der Waals surface area contributed by atoms with Crippen molar-refractivity contribution < 1.29 is 13.3 Å². The Morgan fingerprint density at radius 1 is 0.941 bits per heavy atom. The lowest BCUT2D eigenvalue weighted by Gasteiger charge is -2.37. The molecule has 0 spiro atoms. The molecule has 5 rings (SSSR count). The third-order valence-corrected chi connectivity index (χ3v) is 6.02. The van der Waals surface area contributed by atoms with Gasteiger partial charge in [0.05, 0.1) is 17.3 Å². The summed E-state index contributed by atoms with van der Waals surface area (Å²) in [6.07, 6.45) is 0. The summed E-state index contributed by atoms with van der Waals surface area (Å²) in [5.74, 6) is -0.0879. The number of thiocarbonyl (C=S) groups is 1. The first-order valence-electron chi connectivity index (χ1n) is 10.6. The number of rotatable bonds is 4. The second-order valence-electron chi connectivity index (χ2n) is 8.04. The number of benzene rings is 3. The smallest absolute Gasteiger partial charge is 0.258 e. The van der Waals surface area contributed by atoms with Gasteiger partial charge in [-0.25, -0.2) is 8.78 Å². The lowest BCUT2D eigenvalue weighted by Crippen LogP contribution is -2.46. The molecule has 170 valence electrons. The van der Waals surface area contributed by atoms with Crippen molar-refractivity contribution in [2.45, 2.75) is 19.9 Å². The van der Waals surface area contributed by atoms with Gasteiger partial charge in [-0.1, -0.05) is 41.1 Å². The summed E-state index contributed by atoms with van der Waals surface area (Å²) in [7, 11) is 0. The van der Waals surface area contributed by atoms with E-state index in [-0.39, 0.29) is 17.7 Å². The van der Waals surface area contributed by atoms with E-state index >= 15 is 0 Å². The van der Waals surface area contributed by atoms with Crippen molar-refractivity contribution >= 4 is 28.6 Å². The van der Waals surface area contributed by atoms with Gasteiger partial charge >= 0.3 is 0 Å². The predicted octanol–water partition coefficient (Wildman–Crippen LogP) is 6.19. The molecule has 34 heavy (non-hydrogen) atoms. The Morgan fingerprint density at radius 2 is 1.68 bits per heavy atom. The Labute approximate surface area is 200 Å². The SMILES string of the molecule is CC1=C(c2nc(-c3ccc(F)cc3)no2)C(c2ccc(C)cc2)NC(=S)N1c1cccc(F)c1. The standard InChI is InChI=1S/C26H20F2N4OS/c1-15-6-8-17(9-7-15)23-22(25-30-24(31-33-25)18-10-12-19(27)13-11-18)16(2)32(26(34)29-23)21-5-3-4-20(28)14-21/h3-14,23H,1-2H3,(H,29,34). The highest BCUT2D eigenvalue weighted by molar-refractivity contribution is 7.80. The molecule has 1 aromatic heterocycles. The molecule has 3 aromatic carbocycles. The molecule has 1 unspecified atom stereocenters. The van der Waals surface area contributed by atoms with Crippen molar-refractivity contribution in [2.24, 2.45) is 0 Å². The summed E-state index contributed by atoms with van der Waals surface area (Å²) >= 11 is 5.69. The molecular weight excluding hydrogens is 454 g/mol. The van der Waals surface area contributed by atoms with Crippen molar-refractivity contribution in [1.29, 1.82) is 0 Å². The highest BCUT2D eigenvalue weighted by Crippen LogP contribution is 2.39. The Morgan fingerprint density at radius 3 is 2.38 bits per heavy atom. The van der Waals surface area contributed by atoms with E-state index in [9.17, 15) is 8.78 Å². The lowest BCUT2D eigenvalue weighted by atomic mass is 9.94. The van der Waals surface area contributed by atoms with E-state index in [1.54, 1.807) is 29.2 Å². The van der Waals surface area contributed by atoms with Crippen molar-refractivity contribution in [3.63, 3.8) is 0 Å². The zero-order chi connectivity index (χ0) is 23.8. The number of hydrogen-bond donors (Lipinski definition) is 1. The Bertz CT molecular complexity index is 1400. The van der Waals surface area contributed by atoms with E-state index < -0.39 is 0 Å². The van der Waals surface area contributed by atoms with Gasteiger partial charge in [0.25, 0.3) is 5.89 Å². The minimum absolute atomic E-state index is 0.291. The molecule has 0 aliphatic carbocycles. The quantitative estimate of drug-likeness (QED) is 0.356. The maximum absolute atomic E-state index is 14.0. The molecule has 1 aliphatic heterocycles. The summed E-state index contributed by atoms with van der Waals surface area (Å²) in [6.45, 7) is 3.90. The number of nitrogens with one attached hydrogen (secondary N) is 1. The zero-order valence-corrected chi connectivity index (χ0v) is 19.2. The maximum atomic E-state index is 14.0. The first-order valence-corrected chi connectivity index (χ1v) is 11.0. The van der Waals surface area contributed by atoms with Gasteiger partial charge in [-0.2, -0.15) is 4.98 Å². The fourth-order valence-electron chi connectivity index (χ4n) is 4.00. The van der Waals surface area contributed by atoms with Crippen LogP contribution in [0.4, 0.5) is 14.5 Å². The number of halogens is 2. The number of nitrogens with zero attached hydrogens (tertiary/aromatic N) is 3. The second-order valence-corrected chi connectivity index (χ2v) is 8.42. The van der Waals surface area contributed by atoms with Crippen LogP contribution in [0.5, 0.6) is 0 Å². The third kappa shape index (κ3) is 4.08. The van der Waals surface area contributed by atoms with Gasteiger partial charge in [-0.15, -0.1) is 0 Å². The van der Waals surface area contributed by atoms with Crippen LogP contribution in [0.25, 0.3) is 17.0 Å². The average molecular weight is 475 g/mol. The molecule has 1 aliphatic rings. The van der Waals surface area contributed by atoms with Gasteiger partial charge in [0.2, 0.25) is 5.82 Å². The number of hydrogen-bond acceptors (Lipinski definition) is 4. The summed E-state index contributed by atoms with van der Waals surface area (Å²) in [5.41, 5.74) is 4.73. The van der Waals surface area contributed by atoms with Crippen molar-refractivity contribution in [3.8, 4) is 11.4 Å². The van der Waals surface area contributed by atoms with E-state index in [0.29, 0.717) is 33.7 Å². The fraction of sp³-hybridized carbons (Fsp3) is 0.115. The third-order valence-electron chi connectivity index (χ3n) is 5.72. The number of allylic oxidation sites excluding steroid dienone is 1. The largest absolute Gasteiger partial charge is 0.351 e. The van der Waals surface area contributed by atoms with Crippen LogP contribution in [-0.4, -0.2) is 15.3 Å². The molecule has 2 heterocycles. The summed E-state index contributed by atoms with van der Waals surface area (Å²) in [4.78, 5) is 6.36. The molecule has 1 N–H and O–H groups in total. The highest BCUT2D eigenvalue weighted by Gasteiger charge is 2.34. The van der Waals surface area contributed by atoms with Crippen molar-refractivity contribution in [3.05, 3.63) is 107 Å². The summed E-state index contributed by atoms with van der Waals surface area (Å²) < 4.78 is 33.1. The Hall–Kier alpha value is -3.91. The van der Waals surface area contributed by atoms with Gasteiger partial charge < -0.3 is 9.84 Å². The normalized spacial score (nSPS) is 16.1. The second kappa shape index (κ2) is 8.79. The zero-order valence-electron chi connectivity index (χ0n) is 18.4. The van der Waals surface area contributed by atoms with Crippen LogP contribution in [0, 0.1) is 18.6 Å². The molecule has 5 nitrogen and oxygen atoms in total. The van der Waals surface area contributed by atoms with Gasteiger partial charge in [0, 0.05) is 11.3 Å². The Kier molecular flexibility index (Phi) is 5.67. The summed E-state index contributed by atoms with van der Waals surface area (Å²) in [5, 5.41) is 7.90. The van der Waals surface area contributed by atoms with Gasteiger partial charge in [-0.3, -0.25) is 4.90 Å². The van der Waals surface area contributed by atoms with E-state index in [0.717, 1.165) is 16.8 Å². The minimum atomic E-state index is -0.369. The van der Waals surface area contributed by atoms with Gasteiger partial charge in [-0.05, 0) is 74.1 Å². The van der Waals surface area contributed by atoms with Crippen molar-refractivity contribution in [1.82, 2.24) is 15.5 Å². The molecule has 8 heteroatoms. The van der Waals surface area contributed by atoms with E-state index in [4.69, 9.17) is 16.7 Å². The van der Waals surface area contributed by atoms with Gasteiger partial charge in [0.1, 0.15) is 11.6 Å². The fourth-order valence-corrected chi connectivity index (χ4v) is 4.36. The molecule has 0 radical (unpaired) electrons. The molecule has 1 atom stereocenters.